The summed E-state index contributed by atoms with van der Waals surface area (Å²) in [6.45, 7) is 6.99. The zero-order valence-corrected chi connectivity index (χ0v) is 12.4. The average Bonchev–Trinajstić information content (AvgIpc) is 2.75. The first-order chi connectivity index (χ1) is 8.71. The molecule has 6 heteroatoms. The summed E-state index contributed by atoms with van der Waals surface area (Å²) in [6.07, 6.45) is 0.837. The summed E-state index contributed by atoms with van der Waals surface area (Å²) >= 11 is 3.24. The molecule has 0 spiro atoms. The Morgan fingerprint density at radius 3 is 2.72 bits per heavy atom. The monoisotopic (exact) mass is 280 g/mol. The summed E-state index contributed by atoms with van der Waals surface area (Å²) in [5.41, 5.74) is 1.05. The zero-order valence-electron chi connectivity index (χ0n) is 10.7. The summed E-state index contributed by atoms with van der Waals surface area (Å²) in [6, 6.07) is 1.98. The summed E-state index contributed by atoms with van der Waals surface area (Å²) < 4.78 is 1.02. The Labute approximate surface area is 115 Å². The van der Waals surface area contributed by atoms with Gasteiger partial charge in [-0.3, -0.25) is 0 Å². The van der Waals surface area contributed by atoms with Crippen LogP contribution in [0.1, 0.15) is 25.4 Å². The second-order valence-corrected chi connectivity index (χ2v) is 5.87. The fourth-order valence-electron chi connectivity index (χ4n) is 1.42. The van der Waals surface area contributed by atoms with E-state index in [2.05, 4.69) is 39.5 Å². The minimum atomic E-state index is 0.837. The third-order valence-corrected chi connectivity index (χ3v) is 4.19. The largest absolute Gasteiger partial charge is 0.370 e. The van der Waals surface area contributed by atoms with Gasteiger partial charge in [0, 0.05) is 30.1 Å². The number of aromatic nitrogens is 3. The zero-order chi connectivity index (χ0) is 13.0. The van der Waals surface area contributed by atoms with Crippen molar-refractivity contribution in [2.24, 2.45) is 0 Å². The number of rotatable bonds is 5. The maximum absolute atomic E-state index is 4.52. The van der Waals surface area contributed by atoms with Crippen LogP contribution in [0.3, 0.4) is 0 Å². The second kappa shape index (κ2) is 6.15. The minimum absolute atomic E-state index is 0.837. The summed E-state index contributed by atoms with van der Waals surface area (Å²) in [5.74, 6) is 1.75. The topological polar surface area (TPSA) is 50.7 Å². The van der Waals surface area contributed by atoms with E-state index in [1.807, 2.05) is 13.0 Å². The first-order valence-electron chi connectivity index (χ1n) is 5.93. The fourth-order valence-corrected chi connectivity index (χ4v) is 3.23. The molecule has 0 bridgehead atoms. The standard InChI is InChI=1S/C12H16N4S2/c1-4-9-15-10(13-5-2)6-11(16-9)18-12-14-8(3)7-17-12/h6-7H,4-5H2,1-3H3,(H,13,15,16). The van der Waals surface area contributed by atoms with E-state index in [-0.39, 0.29) is 0 Å². The highest BCUT2D eigenvalue weighted by Gasteiger charge is 2.07. The van der Waals surface area contributed by atoms with E-state index in [1.54, 1.807) is 23.1 Å². The van der Waals surface area contributed by atoms with Crippen LogP contribution in [0.25, 0.3) is 0 Å². The first kappa shape index (κ1) is 13.3. The van der Waals surface area contributed by atoms with E-state index in [0.29, 0.717) is 0 Å². The van der Waals surface area contributed by atoms with E-state index in [1.165, 1.54) is 0 Å². The van der Waals surface area contributed by atoms with Gasteiger partial charge in [0.05, 0.1) is 0 Å². The van der Waals surface area contributed by atoms with Crippen molar-refractivity contribution in [3.05, 3.63) is 23.0 Å². The molecule has 2 aromatic heterocycles. The number of nitrogens with zero attached hydrogens (tertiary/aromatic N) is 3. The van der Waals surface area contributed by atoms with Gasteiger partial charge < -0.3 is 5.32 Å². The average molecular weight is 280 g/mol. The number of nitrogens with one attached hydrogen (secondary N) is 1. The lowest BCUT2D eigenvalue weighted by molar-refractivity contribution is 0.886. The van der Waals surface area contributed by atoms with Crippen molar-refractivity contribution in [3.8, 4) is 0 Å². The summed E-state index contributed by atoms with van der Waals surface area (Å²) in [5, 5.41) is 6.23. The molecular formula is C12H16N4S2. The quantitative estimate of drug-likeness (QED) is 0.851. The van der Waals surface area contributed by atoms with Gasteiger partial charge in [-0.1, -0.05) is 6.92 Å². The molecule has 96 valence electrons. The Morgan fingerprint density at radius 1 is 1.28 bits per heavy atom. The van der Waals surface area contributed by atoms with Crippen LogP contribution in [-0.4, -0.2) is 21.5 Å². The third kappa shape index (κ3) is 3.43. The number of hydrogen-bond acceptors (Lipinski definition) is 6. The maximum Gasteiger partial charge on any atom is 0.156 e. The molecular weight excluding hydrogens is 264 g/mol. The molecule has 4 nitrogen and oxygen atoms in total. The Kier molecular flexibility index (Phi) is 4.54. The molecule has 18 heavy (non-hydrogen) atoms. The molecule has 0 unspecified atom stereocenters. The molecule has 0 amide bonds. The summed E-state index contributed by atoms with van der Waals surface area (Å²) in [7, 11) is 0. The number of anilines is 1. The van der Waals surface area contributed by atoms with Crippen LogP contribution in [0.2, 0.25) is 0 Å². The lowest BCUT2D eigenvalue weighted by Crippen LogP contribution is -2.03. The summed E-state index contributed by atoms with van der Waals surface area (Å²) in [4.78, 5) is 13.4. The van der Waals surface area contributed by atoms with Crippen molar-refractivity contribution in [1.29, 1.82) is 0 Å². The normalized spacial score (nSPS) is 10.6. The highest BCUT2D eigenvalue weighted by atomic mass is 32.2. The maximum atomic E-state index is 4.52. The molecule has 1 N–H and O–H groups in total. The Balaban J connectivity index is 2.23. The van der Waals surface area contributed by atoms with Crippen molar-refractivity contribution in [2.75, 3.05) is 11.9 Å². The van der Waals surface area contributed by atoms with Gasteiger partial charge >= 0.3 is 0 Å². The molecule has 2 aromatic rings. The van der Waals surface area contributed by atoms with E-state index in [9.17, 15) is 0 Å². The molecule has 2 heterocycles. The minimum Gasteiger partial charge on any atom is -0.370 e. The van der Waals surface area contributed by atoms with E-state index >= 15 is 0 Å². The SMILES string of the molecule is CCNc1cc(Sc2nc(C)cs2)nc(CC)n1. The van der Waals surface area contributed by atoms with Crippen LogP contribution in [-0.2, 0) is 6.42 Å². The van der Waals surface area contributed by atoms with Crippen LogP contribution >= 0.6 is 23.1 Å². The lowest BCUT2D eigenvalue weighted by atomic mass is 10.4. The van der Waals surface area contributed by atoms with E-state index < -0.39 is 0 Å². The molecule has 0 aliphatic rings. The van der Waals surface area contributed by atoms with Crippen molar-refractivity contribution in [1.82, 2.24) is 15.0 Å². The highest BCUT2D eigenvalue weighted by molar-refractivity contribution is 8.01. The smallest absolute Gasteiger partial charge is 0.156 e. The fraction of sp³-hybridized carbons (Fsp3) is 0.417. The lowest BCUT2D eigenvalue weighted by Gasteiger charge is -2.06. The Hall–Kier alpha value is -1.14. The molecule has 0 fully saturated rings. The molecule has 0 atom stereocenters. The predicted octanol–water partition coefficient (Wildman–Crippen LogP) is 3.39. The number of thiazole rings is 1. The molecule has 2 rings (SSSR count). The van der Waals surface area contributed by atoms with Gasteiger partial charge in [-0.05, 0) is 25.6 Å². The molecule has 0 aliphatic heterocycles. The van der Waals surface area contributed by atoms with Crippen LogP contribution in [0, 0.1) is 6.92 Å². The molecule has 0 aliphatic carbocycles. The Morgan fingerprint density at radius 2 is 2.11 bits per heavy atom. The van der Waals surface area contributed by atoms with Crippen molar-refractivity contribution < 1.29 is 0 Å². The van der Waals surface area contributed by atoms with Crippen molar-refractivity contribution in [3.63, 3.8) is 0 Å². The van der Waals surface area contributed by atoms with E-state index in [0.717, 1.165) is 39.7 Å². The predicted molar refractivity (Wildman–Crippen MR) is 76.5 cm³/mol. The van der Waals surface area contributed by atoms with Crippen LogP contribution in [0.4, 0.5) is 5.82 Å². The van der Waals surface area contributed by atoms with Crippen molar-refractivity contribution >= 4 is 28.9 Å². The molecule has 0 saturated heterocycles. The number of aryl methyl sites for hydroxylation is 2. The molecule has 0 aromatic carbocycles. The third-order valence-electron chi connectivity index (χ3n) is 2.21. The van der Waals surface area contributed by atoms with Gasteiger partial charge in [0.25, 0.3) is 0 Å². The van der Waals surface area contributed by atoms with Crippen LogP contribution in [0.5, 0.6) is 0 Å². The second-order valence-electron chi connectivity index (χ2n) is 3.75. The van der Waals surface area contributed by atoms with Gasteiger partial charge in [-0.15, -0.1) is 11.3 Å². The van der Waals surface area contributed by atoms with E-state index in [4.69, 9.17) is 0 Å². The molecule has 0 saturated carbocycles. The first-order valence-corrected chi connectivity index (χ1v) is 7.62. The Bertz CT molecular complexity index is 525. The van der Waals surface area contributed by atoms with Gasteiger partial charge in [0.15, 0.2) is 4.34 Å². The van der Waals surface area contributed by atoms with Gasteiger partial charge in [-0.2, -0.15) is 0 Å². The highest BCUT2D eigenvalue weighted by Crippen LogP contribution is 2.30. The van der Waals surface area contributed by atoms with Crippen molar-refractivity contribution in [2.45, 2.75) is 36.6 Å². The van der Waals surface area contributed by atoms with Crippen LogP contribution in [0.15, 0.2) is 20.8 Å². The van der Waals surface area contributed by atoms with Gasteiger partial charge in [0.1, 0.15) is 16.7 Å². The number of hydrogen-bond donors (Lipinski definition) is 1. The van der Waals surface area contributed by atoms with Gasteiger partial charge in [0.2, 0.25) is 0 Å². The van der Waals surface area contributed by atoms with Gasteiger partial charge in [-0.25, -0.2) is 15.0 Å². The van der Waals surface area contributed by atoms with Crippen LogP contribution < -0.4 is 5.32 Å². The molecule has 0 radical (unpaired) electrons.